The van der Waals surface area contributed by atoms with Gasteiger partial charge in [-0.1, -0.05) is 49.2 Å². The third-order valence-corrected chi connectivity index (χ3v) is 5.75. The molecule has 0 radical (unpaired) electrons. The minimum absolute atomic E-state index is 0.114. The summed E-state index contributed by atoms with van der Waals surface area (Å²) in [5.41, 5.74) is 1.07. The first kappa shape index (κ1) is 29.9. The van der Waals surface area contributed by atoms with E-state index < -0.39 is 29.9 Å². The van der Waals surface area contributed by atoms with Gasteiger partial charge in [0.15, 0.2) is 0 Å². The van der Waals surface area contributed by atoms with Gasteiger partial charge in [0.05, 0.1) is 16.6 Å². The third-order valence-electron chi connectivity index (χ3n) is 5.56. The van der Waals surface area contributed by atoms with Crippen LogP contribution in [0, 0.1) is 0 Å². The molecule has 1 aromatic heterocycles. The largest absolute Gasteiger partial charge is 0.573 e. The van der Waals surface area contributed by atoms with Crippen LogP contribution in [0.3, 0.4) is 0 Å². The van der Waals surface area contributed by atoms with Crippen LogP contribution < -0.4 is 10.1 Å². The van der Waals surface area contributed by atoms with E-state index in [0.717, 1.165) is 12.0 Å². The number of hydrogen-bond donors (Lipinski definition) is 1. The van der Waals surface area contributed by atoms with Crippen molar-refractivity contribution in [3.05, 3.63) is 88.5 Å². The number of carbonyl (C=O) groups excluding carboxylic acids is 2. The molecule has 2 atom stereocenters. The van der Waals surface area contributed by atoms with E-state index in [1.165, 1.54) is 36.7 Å². The SMILES string of the molecule is CCCC(c1ccc(C(=O)OC(C)(C)C)cc1)C(NC(=O)c1ncc(Cl)cn1)c1ccc(OC(F)(F)F)cc1. The molecule has 0 saturated carbocycles. The highest BCUT2D eigenvalue weighted by atomic mass is 35.5. The summed E-state index contributed by atoms with van der Waals surface area (Å²) in [5.74, 6) is -1.86. The van der Waals surface area contributed by atoms with E-state index in [0.29, 0.717) is 17.5 Å². The summed E-state index contributed by atoms with van der Waals surface area (Å²) in [5, 5.41) is 3.19. The number of alkyl halides is 3. The molecule has 1 amide bonds. The van der Waals surface area contributed by atoms with Crippen LogP contribution in [0.15, 0.2) is 60.9 Å². The molecule has 0 aliphatic carbocycles. The summed E-state index contributed by atoms with van der Waals surface area (Å²) in [6.07, 6.45) is -0.903. The molecule has 0 saturated heterocycles. The van der Waals surface area contributed by atoms with Gasteiger partial charge in [0.2, 0.25) is 5.82 Å². The van der Waals surface area contributed by atoms with Crippen molar-refractivity contribution in [2.45, 2.75) is 64.5 Å². The van der Waals surface area contributed by atoms with Crippen LogP contribution in [0.25, 0.3) is 0 Å². The standard InChI is InChI=1S/C28H29ClF3N3O4/c1-5-6-22(17-7-9-19(10-8-17)26(37)39-27(2,3)4)23(35-25(36)24-33-15-20(29)16-34-24)18-11-13-21(14-12-18)38-28(30,31)32/h7-16,22-23H,5-6H2,1-4H3,(H,35,36). The summed E-state index contributed by atoms with van der Waals surface area (Å²) < 4.78 is 47.5. The lowest BCUT2D eigenvalue weighted by Gasteiger charge is -2.29. The van der Waals surface area contributed by atoms with Crippen LogP contribution in [0.1, 0.15) is 84.6 Å². The van der Waals surface area contributed by atoms with Gasteiger partial charge < -0.3 is 14.8 Å². The maximum Gasteiger partial charge on any atom is 0.573 e. The number of benzene rings is 2. The third kappa shape index (κ3) is 8.95. The van der Waals surface area contributed by atoms with Gasteiger partial charge in [0.25, 0.3) is 5.91 Å². The molecule has 0 aliphatic heterocycles. The Hall–Kier alpha value is -3.66. The smallest absolute Gasteiger partial charge is 0.456 e. The second-order valence-corrected chi connectivity index (χ2v) is 10.2. The maximum atomic E-state index is 13.1. The highest BCUT2D eigenvalue weighted by molar-refractivity contribution is 6.30. The zero-order valence-corrected chi connectivity index (χ0v) is 22.6. The van der Waals surface area contributed by atoms with Crippen molar-refractivity contribution in [2.24, 2.45) is 0 Å². The molecule has 208 valence electrons. The first-order valence-corrected chi connectivity index (χ1v) is 12.6. The van der Waals surface area contributed by atoms with Crippen molar-refractivity contribution < 1.29 is 32.2 Å². The molecule has 2 aromatic carbocycles. The summed E-state index contributed by atoms with van der Waals surface area (Å²) in [6.45, 7) is 7.31. The van der Waals surface area contributed by atoms with Crippen molar-refractivity contribution in [2.75, 3.05) is 0 Å². The summed E-state index contributed by atoms with van der Waals surface area (Å²) in [6, 6.07) is 11.5. The van der Waals surface area contributed by atoms with Gasteiger partial charge in [0, 0.05) is 18.3 Å². The summed E-state index contributed by atoms with van der Waals surface area (Å²) in [7, 11) is 0. The topological polar surface area (TPSA) is 90.4 Å². The number of aromatic nitrogens is 2. The number of hydrogen-bond acceptors (Lipinski definition) is 6. The van der Waals surface area contributed by atoms with Crippen molar-refractivity contribution in [1.82, 2.24) is 15.3 Å². The molecule has 39 heavy (non-hydrogen) atoms. The van der Waals surface area contributed by atoms with Crippen molar-refractivity contribution in [3.63, 3.8) is 0 Å². The molecular formula is C28H29ClF3N3O4. The maximum absolute atomic E-state index is 13.1. The van der Waals surface area contributed by atoms with Gasteiger partial charge in [-0.2, -0.15) is 0 Å². The van der Waals surface area contributed by atoms with Gasteiger partial charge in [-0.05, 0) is 62.6 Å². The Kier molecular flexibility index (Phi) is 9.55. The minimum atomic E-state index is -4.83. The Morgan fingerprint density at radius 3 is 2.03 bits per heavy atom. The molecule has 3 rings (SSSR count). The van der Waals surface area contributed by atoms with Crippen LogP contribution in [-0.4, -0.2) is 33.8 Å². The first-order chi connectivity index (χ1) is 18.3. The number of halogens is 4. The molecule has 0 spiro atoms. The van der Waals surface area contributed by atoms with Gasteiger partial charge in [-0.15, -0.1) is 13.2 Å². The number of amides is 1. The number of rotatable bonds is 9. The van der Waals surface area contributed by atoms with Gasteiger partial charge >= 0.3 is 12.3 Å². The van der Waals surface area contributed by atoms with Crippen molar-refractivity contribution in [3.8, 4) is 5.75 Å². The van der Waals surface area contributed by atoms with E-state index in [1.54, 1.807) is 45.0 Å². The zero-order chi connectivity index (χ0) is 28.8. The number of esters is 1. The van der Waals surface area contributed by atoms with Gasteiger partial charge in [-0.25, -0.2) is 14.8 Å². The van der Waals surface area contributed by atoms with E-state index in [4.69, 9.17) is 16.3 Å². The van der Waals surface area contributed by atoms with Gasteiger partial charge in [0.1, 0.15) is 11.4 Å². The summed E-state index contributed by atoms with van der Waals surface area (Å²) >= 11 is 5.84. The molecule has 0 aliphatic rings. The highest BCUT2D eigenvalue weighted by Crippen LogP contribution is 2.36. The average Bonchev–Trinajstić information content (AvgIpc) is 2.85. The molecule has 11 heteroatoms. The zero-order valence-electron chi connectivity index (χ0n) is 21.9. The fraction of sp³-hybridized carbons (Fsp3) is 0.357. The predicted octanol–water partition coefficient (Wildman–Crippen LogP) is 7.04. The molecule has 2 unspecified atom stereocenters. The predicted molar refractivity (Wildman–Crippen MR) is 140 cm³/mol. The molecule has 3 aromatic rings. The Balaban J connectivity index is 1.97. The Morgan fingerprint density at radius 1 is 0.949 bits per heavy atom. The fourth-order valence-electron chi connectivity index (χ4n) is 3.97. The monoisotopic (exact) mass is 563 g/mol. The van der Waals surface area contributed by atoms with E-state index >= 15 is 0 Å². The van der Waals surface area contributed by atoms with Crippen molar-refractivity contribution >= 4 is 23.5 Å². The lowest BCUT2D eigenvalue weighted by molar-refractivity contribution is -0.274. The average molecular weight is 564 g/mol. The molecular weight excluding hydrogens is 535 g/mol. The van der Waals surface area contributed by atoms with Crippen LogP contribution in [-0.2, 0) is 4.74 Å². The van der Waals surface area contributed by atoms with Crippen molar-refractivity contribution in [1.29, 1.82) is 0 Å². The minimum Gasteiger partial charge on any atom is -0.456 e. The first-order valence-electron chi connectivity index (χ1n) is 12.2. The number of nitrogens with one attached hydrogen (secondary N) is 1. The molecule has 1 N–H and O–H groups in total. The number of nitrogens with zero attached hydrogens (tertiary/aromatic N) is 2. The van der Waals surface area contributed by atoms with E-state index in [-0.39, 0.29) is 22.5 Å². The van der Waals surface area contributed by atoms with Crippen LogP contribution in [0.5, 0.6) is 5.75 Å². The molecule has 1 heterocycles. The van der Waals surface area contributed by atoms with Crippen LogP contribution in [0.2, 0.25) is 5.02 Å². The quantitative estimate of drug-likeness (QED) is 0.281. The number of ether oxygens (including phenoxy) is 2. The Morgan fingerprint density at radius 2 is 1.51 bits per heavy atom. The molecule has 0 bridgehead atoms. The highest BCUT2D eigenvalue weighted by Gasteiger charge is 2.32. The lowest BCUT2D eigenvalue weighted by Crippen LogP contribution is -2.34. The summed E-state index contributed by atoms with van der Waals surface area (Å²) in [4.78, 5) is 33.5. The molecule has 7 nitrogen and oxygen atoms in total. The Labute approximate surface area is 229 Å². The normalized spacial score (nSPS) is 13.3. The second kappa shape index (κ2) is 12.5. The van der Waals surface area contributed by atoms with E-state index in [2.05, 4.69) is 20.0 Å². The van der Waals surface area contributed by atoms with E-state index in [1.807, 2.05) is 6.92 Å². The van der Waals surface area contributed by atoms with Crippen LogP contribution >= 0.6 is 11.6 Å². The Bertz CT molecular complexity index is 1260. The number of carbonyl (C=O) groups is 2. The second-order valence-electron chi connectivity index (χ2n) is 9.81. The lowest BCUT2D eigenvalue weighted by atomic mass is 9.83. The van der Waals surface area contributed by atoms with Gasteiger partial charge in [-0.3, -0.25) is 4.79 Å². The fourth-order valence-corrected chi connectivity index (χ4v) is 4.07. The molecule has 0 fully saturated rings. The van der Waals surface area contributed by atoms with Crippen LogP contribution in [0.4, 0.5) is 13.2 Å². The van der Waals surface area contributed by atoms with E-state index in [9.17, 15) is 22.8 Å².